The van der Waals surface area contributed by atoms with Gasteiger partial charge in [-0.25, -0.2) is 0 Å². The maximum absolute atomic E-state index is 5.70. The second-order valence-corrected chi connectivity index (χ2v) is 5.16. The molecule has 20 heavy (non-hydrogen) atoms. The summed E-state index contributed by atoms with van der Waals surface area (Å²) in [5.41, 5.74) is 1.23. The van der Waals surface area contributed by atoms with Gasteiger partial charge in [-0.2, -0.15) is 0 Å². The number of hydrogen-bond donors (Lipinski definition) is 1. The molecule has 0 amide bonds. The molecule has 1 fully saturated rings. The van der Waals surface area contributed by atoms with Gasteiger partial charge < -0.3 is 19.5 Å². The van der Waals surface area contributed by atoms with E-state index in [1.807, 2.05) is 19.2 Å². The molecular formula is C16H25NO3. The zero-order valence-corrected chi connectivity index (χ0v) is 12.3. The molecule has 1 aromatic carbocycles. The van der Waals surface area contributed by atoms with E-state index in [0.717, 1.165) is 45.0 Å². The van der Waals surface area contributed by atoms with E-state index in [1.165, 1.54) is 5.56 Å². The summed E-state index contributed by atoms with van der Waals surface area (Å²) in [6.45, 7) is 4.69. The highest BCUT2D eigenvalue weighted by atomic mass is 16.5. The van der Waals surface area contributed by atoms with E-state index in [1.54, 1.807) is 0 Å². The Hall–Kier alpha value is -1.10. The molecule has 1 heterocycles. The van der Waals surface area contributed by atoms with Crippen molar-refractivity contribution < 1.29 is 14.2 Å². The molecule has 0 bridgehead atoms. The molecule has 0 aromatic heterocycles. The monoisotopic (exact) mass is 279 g/mol. The molecule has 2 rings (SSSR count). The number of nitrogens with one attached hydrogen (secondary N) is 1. The van der Waals surface area contributed by atoms with Crippen LogP contribution in [0.15, 0.2) is 24.3 Å². The lowest BCUT2D eigenvalue weighted by Crippen LogP contribution is -2.21. The van der Waals surface area contributed by atoms with E-state index >= 15 is 0 Å². The third-order valence-electron chi connectivity index (χ3n) is 3.47. The van der Waals surface area contributed by atoms with Gasteiger partial charge in [0.1, 0.15) is 12.4 Å². The molecule has 0 unspecified atom stereocenters. The normalized spacial score (nSPS) is 16.2. The van der Waals surface area contributed by atoms with Gasteiger partial charge in [-0.15, -0.1) is 0 Å². The highest BCUT2D eigenvalue weighted by molar-refractivity contribution is 5.28. The van der Waals surface area contributed by atoms with Crippen LogP contribution in [0.2, 0.25) is 0 Å². The summed E-state index contributed by atoms with van der Waals surface area (Å²) in [6, 6.07) is 8.16. The molecule has 0 spiro atoms. The van der Waals surface area contributed by atoms with Crippen LogP contribution in [0.1, 0.15) is 18.4 Å². The molecular weight excluding hydrogens is 254 g/mol. The first-order chi connectivity index (χ1) is 9.88. The zero-order valence-electron chi connectivity index (χ0n) is 12.3. The van der Waals surface area contributed by atoms with Crippen molar-refractivity contribution in [3.05, 3.63) is 29.8 Å². The highest BCUT2D eigenvalue weighted by Gasteiger charge is 2.13. The van der Waals surface area contributed by atoms with Gasteiger partial charge in [0, 0.05) is 26.4 Å². The molecule has 112 valence electrons. The summed E-state index contributed by atoms with van der Waals surface area (Å²) in [6.07, 6.45) is 2.24. The summed E-state index contributed by atoms with van der Waals surface area (Å²) in [5, 5.41) is 3.13. The molecule has 1 aromatic rings. The predicted octanol–water partition coefficient (Wildman–Crippen LogP) is 2.23. The molecule has 0 radical (unpaired) electrons. The number of hydrogen-bond acceptors (Lipinski definition) is 4. The van der Waals surface area contributed by atoms with Gasteiger partial charge in [0.15, 0.2) is 0 Å². The van der Waals surface area contributed by atoms with Crippen molar-refractivity contribution in [2.24, 2.45) is 5.92 Å². The van der Waals surface area contributed by atoms with Crippen molar-refractivity contribution in [3.8, 4) is 5.75 Å². The third kappa shape index (κ3) is 5.49. The Morgan fingerprint density at radius 1 is 1.25 bits per heavy atom. The standard InChI is InChI=1S/C16H25NO3/c1-17-12-15-3-2-4-16(11-15)20-10-9-19-13-14-5-7-18-8-6-14/h2-4,11,14,17H,5-10,12-13H2,1H3. The van der Waals surface area contributed by atoms with Crippen molar-refractivity contribution >= 4 is 0 Å². The van der Waals surface area contributed by atoms with Gasteiger partial charge in [0.05, 0.1) is 6.61 Å². The van der Waals surface area contributed by atoms with Crippen molar-refractivity contribution in [1.29, 1.82) is 0 Å². The fraction of sp³-hybridized carbons (Fsp3) is 0.625. The second-order valence-electron chi connectivity index (χ2n) is 5.16. The lowest BCUT2D eigenvalue weighted by Gasteiger charge is -2.21. The lowest BCUT2D eigenvalue weighted by molar-refractivity contribution is 0.0139. The van der Waals surface area contributed by atoms with Crippen LogP contribution in [0, 0.1) is 5.92 Å². The molecule has 0 saturated carbocycles. The van der Waals surface area contributed by atoms with Crippen molar-refractivity contribution in [2.75, 3.05) is 40.1 Å². The Bertz CT molecular complexity index is 378. The average molecular weight is 279 g/mol. The molecule has 1 aliphatic rings. The first kappa shape index (κ1) is 15.3. The smallest absolute Gasteiger partial charge is 0.119 e. The Balaban J connectivity index is 1.59. The molecule has 0 atom stereocenters. The zero-order chi connectivity index (χ0) is 14.0. The van der Waals surface area contributed by atoms with Crippen LogP contribution < -0.4 is 10.1 Å². The van der Waals surface area contributed by atoms with Crippen molar-refractivity contribution in [3.63, 3.8) is 0 Å². The molecule has 0 aliphatic carbocycles. The molecule has 1 saturated heterocycles. The third-order valence-corrected chi connectivity index (χ3v) is 3.47. The minimum Gasteiger partial charge on any atom is -0.491 e. The summed E-state index contributed by atoms with van der Waals surface area (Å²) in [5.74, 6) is 1.56. The lowest BCUT2D eigenvalue weighted by atomic mass is 10.0. The predicted molar refractivity (Wildman–Crippen MR) is 79.1 cm³/mol. The van der Waals surface area contributed by atoms with E-state index in [0.29, 0.717) is 19.1 Å². The maximum Gasteiger partial charge on any atom is 0.119 e. The summed E-state index contributed by atoms with van der Waals surface area (Å²) in [4.78, 5) is 0. The molecule has 1 N–H and O–H groups in total. The maximum atomic E-state index is 5.70. The Morgan fingerprint density at radius 3 is 2.90 bits per heavy atom. The van der Waals surface area contributed by atoms with Crippen molar-refractivity contribution in [2.45, 2.75) is 19.4 Å². The largest absolute Gasteiger partial charge is 0.491 e. The van der Waals surface area contributed by atoms with Gasteiger partial charge in [0.25, 0.3) is 0 Å². The van der Waals surface area contributed by atoms with E-state index in [9.17, 15) is 0 Å². The summed E-state index contributed by atoms with van der Waals surface area (Å²) >= 11 is 0. The summed E-state index contributed by atoms with van der Waals surface area (Å²) < 4.78 is 16.7. The number of ether oxygens (including phenoxy) is 3. The topological polar surface area (TPSA) is 39.7 Å². The molecule has 4 heteroatoms. The quantitative estimate of drug-likeness (QED) is 0.741. The first-order valence-electron chi connectivity index (χ1n) is 7.40. The highest BCUT2D eigenvalue weighted by Crippen LogP contribution is 2.15. The van der Waals surface area contributed by atoms with Crippen LogP contribution >= 0.6 is 0 Å². The van der Waals surface area contributed by atoms with Gasteiger partial charge >= 0.3 is 0 Å². The second kappa shape index (κ2) is 8.95. The summed E-state index contributed by atoms with van der Waals surface area (Å²) in [7, 11) is 1.94. The van der Waals surface area contributed by atoms with E-state index in [2.05, 4.69) is 17.4 Å². The van der Waals surface area contributed by atoms with Crippen LogP contribution in [-0.2, 0) is 16.0 Å². The first-order valence-corrected chi connectivity index (χ1v) is 7.40. The van der Waals surface area contributed by atoms with E-state index in [4.69, 9.17) is 14.2 Å². The fourth-order valence-corrected chi connectivity index (χ4v) is 2.33. The minimum absolute atomic E-state index is 0.603. The van der Waals surface area contributed by atoms with E-state index in [-0.39, 0.29) is 0 Å². The Morgan fingerprint density at radius 2 is 2.10 bits per heavy atom. The number of rotatable bonds is 8. The van der Waals surface area contributed by atoms with Gasteiger partial charge in [0.2, 0.25) is 0 Å². The fourth-order valence-electron chi connectivity index (χ4n) is 2.33. The van der Waals surface area contributed by atoms with Crippen LogP contribution in [0.25, 0.3) is 0 Å². The van der Waals surface area contributed by atoms with Gasteiger partial charge in [-0.3, -0.25) is 0 Å². The van der Waals surface area contributed by atoms with Crippen LogP contribution in [0.4, 0.5) is 0 Å². The molecule has 4 nitrogen and oxygen atoms in total. The Labute approximate surface area is 121 Å². The van der Waals surface area contributed by atoms with Crippen LogP contribution in [0.5, 0.6) is 5.75 Å². The van der Waals surface area contributed by atoms with Gasteiger partial charge in [-0.1, -0.05) is 12.1 Å². The van der Waals surface area contributed by atoms with Gasteiger partial charge in [-0.05, 0) is 43.5 Å². The number of benzene rings is 1. The van der Waals surface area contributed by atoms with E-state index < -0.39 is 0 Å². The average Bonchev–Trinajstić information content (AvgIpc) is 2.49. The van der Waals surface area contributed by atoms with Crippen LogP contribution in [0.3, 0.4) is 0 Å². The van der Waals surface area contributed by atoms with Crippen molar-refractivity contribution in [1.82, 2.24) is 5.32 Å². The Kier molecular flexibility index (Phi) is 6.84. The SMILES string of the molecule is CNCc1cccc(OCCOCC2CCOCC2)c1. The minimum atomic E-state index is 0.603. The molecule has 1 aliphatic heterocycles. The van der Waals surface area contributed by atoms with Crippen LogP contribution in [-0.4, -0.2) is 40.1 Å².